The zero-order valence-corrected chi connectivity index (χ0v) is 22.2. The monoisotopic (exact) mass is 542 g/mol. The first kappa shape index (κ1) is 26.7. The van der Waals surface area contributed by atoms with E-state index in [0.29, 0.717) is 36.2 Å². The summed E-state index contributed by atoms with van der Waals surface area (Å²) in [5, 5.41) is 16.7. The molecule has 1 amide bonds. The molecule has 4 heterocycles. The summed E-state index contributed by atoms with van der Waals surface area (Å²) < 4.78 is 13.0. The summed E-state index contributed by atoms with van der Waals surface area (Å²) in [4.78, 5) is 52.0. The van der Waals surface area contributed by atoms with Crippen LogP contribution >= 0.6 is 12.6 Å². The van der Waals surface area contributed by atoms with Gasteiger partial charge in [0.1, 0.15) is 11.4 Å². The summed E-state index contributed by atoms with van der Waals surface area (Å²) in [7, 11) is 6.07. The Balaban J connectivity index is 1.66. The number of aryl methyl sites for hydroxylation is 2. The van der Waals surface area contributed by atoms with Gasteiger partial charge < -0.3 is 24.8 Å². The van der Waals surface area contributed by atoms with Crippen LogP contribution in [-0.2, 0) is 16.6 Å². The van der Waals surface area contributed by atoms with Crippen LogP contribution in [0.25, 0.3) is 11.0 Å². The van der Waals surface area contributed by atoms with Crippen LogP contribution in [-0.4, -0.2) is 81.9 Å². The number of amidine groups is 1. The Morgan fingerprint density at radius 2 is 1.97 bits per heavy atom. The third kappa shape index (κ3) is 4.91. The summed E-state index contributed by atoms with van der Waals surface area (Å²) in [6.07, 6.45) is 1.12. The number of aromatic nitrogens is 4. The molecular weight excluding hydrogens is 516 g/mol. The number of aliphatic imine (C=N–C) groups is 2. The maximum atomic E-state index is 13.0. The first-order chi connectivity index (χ1) is 18.1. The highest BCUT2D eigenvalue weighted by Gasteiger charge is 2.34. The van der Waals surface area contributed by atoms with Gasteiger partial charge in [-0.2, -0.15) is 10.1 Å². The van der Waals surface area contributed by atoms with Crippen LogP contribution < -0.4 is 20.4 Å². The normalized spacial score (nSPS) is 14.4. The Morgan fingerprint density at radius 1 is 1.26 bits per heavy atom. The van der Waals surface area contributed by atoms with Crippen molar-refractivity contribution >= 4 is 58.4 Å². The molecular formula is C23H26N8O6S. The van der Waals surface area contributed by atoms with E-state index in [0.717, 1.165) is 6.20 Å². The number of pyridine rings is 2. The number of rotatable bonds is 5. The molecule has 0 aromatic carbocycles. The fraction of sp³-hybridized carbons (Fsp3) is 0.348. The zero-order chi connectivity index (χ0) is 27.7. The number of nitrogens with zero attached hydrogens (tertiary/aromatic N) is 7. The molecule has 14 nitrogen and oxygen atoms in total. The number of hydrogen-bond acceptors (Lipinski definition) is 9. The summed E-state index contributed by atoms with van der Waals surface area (Å²) in [6.45, 7) is 2.44. The van der Waals surface area contributed by atoms with Gasteiger partial charge in [0.25, 0.3) is 0 Å². The second-order valence-electron chi connectivity index (χ2n) is 8.45. The molecule has 200 valence electrons. The first-order valence-electron chi connectivity index (χ1n) is 11.3. The largest absolute Gasteiger partial charge is 0.481 e. The molecule has 0 spiro atoms. The number of hydrogen-bond donors (Lipinski definition) is 3. The van der Waals surface area contributed by atoms with E-state index in [-0.39, 0.29) is 34.0 Å². The van der Waals surface area contributed by atoms with Gasteiger partial charge in [0.05, 0.1) is 25.5 Å². The molecule has 1 aliphatic heterocycles. The number of carboxylic acids is 1. The quantitative estimate of drug-likeness (QED) is 0.242. The maximum absolute atomic E-state index is 13.0. The van der Waals surface area contributed by atoms with E-state index in [1.54, 1.807) is 26.1 Å². The Hall–Kier alpha value is -4.40. The number of amides is 1. The third-order valence-electron chi connectivity index (χ3n) is 6.03. The Bertz CT molecular complexity index is 1550. The lowest BCUT2D eigenvalue weighted by Gasteiger charge is -2.39. The molecule has 0 aliphatic carbocycles. The smallest absolute Gasteiger partial charge is 0.341 e. The minimum atomic E-state index is -1.39. The minimum absolute atomic E-state index is 0.00403. The van der Waals surface area contributed by atoms with Gasteiger partial charge in [-0.25, -0.2) is 19.5 Å². The van der Waals surface area contributed by atoms with E-state index < -0.39 is 17.0 Å². The molecule has 1 fully saturated rings. The Morgan fingerprint density at radius 3 is 2.55 bits per heavy atom. The van der Waals surface area contributed by atoms with E-state index in [9.17, 15) is 19.5 Å². The summed E-state index contributed by atoms with van der Waals surface area (Å²) >= 11 is 4.39. The van der Waals surface area contributed by atoms with Crippen LogP contribution in [0, 0.1) is 12.8 Å². The topological polar surface area (TPSA) is 166 Å². The zero-order valence-electron chi connectivity index (χ0n) is 21.3. The molecule has 3 aromatic heterocycles. The van der Waals surface area contributed by atoms with Crippen molar-refractivity contribution in [2.24, 2.45) is 23.0 Å². The Kier molecular flexibility index (Phi) is 7.39. The lowest BCUT2D eigenvalue weighted by molar-refractivity contribution is -0.120. The fourth-order valence-electron chi connectivity index (χ4n) is 4.03. The van der Waals surface area contributed by atoms with Crippen LogP contribution in [0.1, 0.15) is 15.9 Å². The number of carbonyl (C=O) groups is 2. The molecule has 0 unspecified atom stereocenters. The van der Waals surface area contributed by atoms with Crippen molar-refractivity contribution in [2.45, 2.75) is 6.92 Å². The molecule has 15 heteroatoms. The van der Waals surface area contributed by atoms with Gasteiger partial charge in [0, 0.05) is 39.4 Å². The SMILES string of the molecule is C/N=C(\N=C(/S)n1cc(C(=O)O)c(=O)c2c(C)cc(N3CC(C(=O)Nc4cc(OC)n(C)n4)C3)nc21)OC. The number of nitrogens with one attached hydrogen (secondary N) is 1. The van der Waals surface area contributed by atoms with Crippen LogP contribution in [0.3, 0.4) is 0 Å². The average molecular weight is 543 g/mol. The van der Waals surface area contributed by atoms with Crippen molar-refractivity contribution in [3.8, 4) is 5.88 Å². The van der Waals surface area contributed by atoms with Crippen molar-refractivity contribution in [2.75, 3.05) is 44.6 Å². The molecule has 0 radical (unpaired) electrons. The number of aromatic carboxylic acids is 1. The molecule has 0 bridgehead atoms. The van der Waals surface area contributed by atoms with Crippen molar-refractivity contribution in [3.63, 3.8) is 0 Å². The minimum Gasteiger partial charge on any atom is -0.481 e. The van der Waals surface area contributed by atoms with Crippen molar-refractivity contribution in [1.29, 1.82) is 0 Å². The molecule has 38 heavy (non-hydrogen) atoms. The standard InChI is InChI=1S/C23H26N8O6S/c1-11-6-15(30-8-12(9-30)20(33)25-14-7-16(36-4)29(3)28-14)26-19-17(11)18(32)13(21(34)35)10-31(19)23(38)27-22(24-2)37-5/h6-7,10,12H,8-9H2,1-5H3,(H,34,35)(H,24,27,38)(H,25,28,33). The highest BCUT2D eigenvalue weighted by Crippen LogP contribution is 2.28. The molecule has 4 rings (SSSR count). The van der Waals surface area contributed by atoms with E-state index in [2.05, 4.69) is 38.0 Å². The number of ether oxygens (including phenoxy) is 2. The van der Waals surface area contributed by atoms with Crippen LogP contribution in [0.2, 0.25) is 0 Å². The molecule has 0 atom stereocenters. The van der Waals surface area contributed by atoms with E-state index >= 15 is 0 Å². The average Bonchev–Trinajstić information content (AvgIpc) is 3.19. The number of methoxy groups -OCH3 is 2. The van der Waals surface area contributed by atoms with Gasteiger partial charge in [-0.15, -0.1) is 12.6 Å². The summed E-state index contributed by atoms with van der Waals surface area (Å²) in [5.74, 6) is -0.501. The van der Waals surface area contributed by atoms with Gasteiger partial charge in [0.2, 0.25) is 17.2 Å². The van der Waals surface area contributed by atoms with Crippen molar-refractivity contribution < 1.29 is 24.2 Å². The molecule has 2 N–H and O–H groups in total. The van der Waals surface area contributed by atoms with E-state index in [1.807, 2.05) is 4.90 Å². The van der Waals surface area contributed by atoms with E-state index in [4.69, 9.17) is 9.47 Å². The van der Waals surface area contributed by atoms with Crippen LogP contribution in [0.5, 0.6) is 5.88 Å². The maximum Gasteiger partial charge on any atom is 0.341 e. The van der Waals surface area contributed by atoms with E-state index in [1.165, 1.54) is 30.5 Å². The summed E-state index contributed by atoms with van der Waals surface area (Å²) in [5.41, 5.74) is -0.471. The second kappa shape index (κ2) is 10.5. The number of anilines is 2. The van der Waals surface area contributed by atoms with Crippen molar-refractivity contribution in [1.82, 2.24) is 19.3 Å². The van der Waals surface area contributed by atoms with Gasteiger partial charge in [-0.05, 0) is 18.6 Å². The summed E-state index contributed by atoms with van der Waals surface area (Å²) in [6, 6.07) is 3.30. The van der Waals surface area contributed by atoms with Gasteiger partial charge in [-0.3, -0.25) is 14.2 Å². The van der Waals surface area contributed by atoms with Crippen LogP contribution in [0.4, 0.5) is 11.6 Å². The molecule has 1 aliphatic rings. The molecule has 0 saturated carbocycles. The lowest BCUT2D eigenvalue weighted by Crippen LogP contribution is -2.52. The highest BCUT2D eigenvalue weighted by molar-refractivity contribution is 7.97. The lowest BCUT2D eigenvalue weighted by atomic mass is 9.98. The Labute approximate surface area is 222 Å². The van der Waals surface area contributed by atoms with Gasteiger partial charge in [0.15, 0.2) is 16.6 Å². The first-order valence-corrected chi connectivity index (χ1v) is 11.8. The molecule has 3 aromatic rings. The molecule has 1 saturated heterocycles. The predicted molar refractivity (Wildman–Crippen MR) is 144 cm³/mol. The third-order valence-corrected chi connectivity index (χ3v) is 6.35. The van der Waals surface area contributed by atoms with Crippen LogP contribution in [0.15, 0.2) is 33.1 Å². The van der Waals surface area contributed by atoms with Gasteiger partial charge in [-0.1, -0.05) is 0 Å². The number of thiol groups is 1. The number of fused-ring (bicyclic) bond motifs is 1. The second-order valence-corrected chi connectivity index (χ2v) is 8.85. The van der Waals surface area contributed by atoms with Crippen molar-refractivity contribution in [3.05, 3.63) is 39.7 Å². The highest BCUT2D eigenvalue weighted by atomic mass is 32.1. The van der Waals surface area contributed by atoms with Gasteiger partial charge >= 0.3 is 12.0 Å². The predicted octanol–water partition coefficient (Wildman–Crippen LogP) is 0.986. The number of carbonyl (C=O) groups excluding carboxylic acids is 1. The number of carboxylic acid groups (broad SMARTS) is 1. The fourth-order valence-corrected chi connectivity index (χ4v) is 4.27.